The molecule has 2 amide bonds. The van der Waals surface area contributed by atoms with E-state index in [0.29, 0.717) is 17.4 Å². The molecule has 1 aromatic carbocycles. The number of hydrogen-bond donors (Lipinski definition) is 2. The van der Waals surface area contributed by atoms with Gasteiger partial charge in [-0.05, 0) is 31.2 Å². The monoisotopic (exact) mass is 314 g/mol. The lowest BCUT2D eigenvalue weighted by atomic mass is 10.2. The van der Waals surface area contributed by atoms with Crippen molar-refractivity contribution in [3.63, 3.8) is 0 Å². The Morgan fingerprint density at radius 1 is 1.26 bits per heavy atom. The van der Waals surface area contributed by atoms with Crippen molar-refractivity contribution >= 4 is 17.5 Å². The minimum atomic E-state index is -0.458. The van der Waals surface area contributed by atoms with E-state index < -0.39 is 11.8 Å². The molecule has 2 N–H and O–H groups in total. The van der Waals surface area contributed by atoms with Crippen molar-refractivity contribution in [3.8, 4) is 11.5 Å². The Bertz CT molecular complexity index is 779. The first-order chi connectivity index (χ1) is 11.1. The number of imide groups is 1. The molecule has 3 rings (SSSR count). The van der Waals surface area contributed by atoms with Crippen LogP contribution in [0.4, 0.5) is 5.69 Å². The third kappa shape index (κ3) is 2.97. The predicted molar refractivity (Wildman–Crippen MR) is 80.0 cm³/mol. The minimum Gasteiger partial charge on any atom is -0.395 e. The van der Waals surface area contributed by atoms with Crippen molar-refractivity contribution in [2.24, 2.45) is 0 Å². The average molecular weight is 314 g/mol. The highest BCUT2D eigenvalue weighted by Gasteiger charge is 2.30. The van der Waals surface area contributed by atoms with Crippen LogP contribution in [0.3, 0.4) is 0 Å². The van der Waals surface area contributed by atoms with Crippen molar-refractivity contribution in [1.82, 2.24) is 15.0 Å². The lowest BCUT2D eigenvalue weighted by molar-refractivity contribution is -0.137. The number of rotatable bonds is 5. The van der Waals surface area contributed by atoms with E-state index in [0.717, 1.165) is 10.5 Å². The second-order valence-corrected chi connectivity index (χ2v) is 4.93. The molecule has 0 unspecified atom stereocenters. The number of nitrogens with zero attached hydrogens (tertiary/aromatic N) is 3. The third-order valence-corrected chi connectivity index (χ3v) is 3.27. The van der Waals surface area contributed by atoms with E-state index in [-0.39, 0.29) is 18.8 Å². The maximum atomic E-state index is 12.0. The lowest BCUT2D eigenvalue weighted by Gasteiger charge is -2.13. The number of carbonyl (C=O) groups is 2. The van der Waals surface area contributed by atoms with Gasteiger partial charge in [0.05, 0.1) is 13.2 Å². The quantitative estimate of drug-likeness (QED) is 0.782. The fraction of sp³-hybridized carbons (Fsp3) is 0.200. The van der Waals surface area contributed by atoms with Crippen molar-refractivity contribution in [3.05, 3.63) is 41.9 Å². The molecule has 1 aliphatic heterocycles. The molecular weight excluding hydrogens is 300 g/mol. The summed E-state index contributed by atoms with van der Waals surface area (Å²) < 4.78 is 5.07. The fourth-order valence-electron chi connectivity index (χ4n) is 2.18. The zero-order valence-corrected chi connectivity index (χ0v) is 12.3. The van der Waals surface area contributed by atoms with Crippen LogP contribution in [0.5, 0.6) is 0 Å². The fourth-order valence-corrected chi connectivity index (χ4v) is 2.18. The number of aliphatic hydroxyl groups excluding tert-OH is 1. The van der Waals surface area contributed by atoms with Crippen molar-refractivity contribution in [1.29, 1.82) is 0 Å². The van der Waals surface area contributed by atoms with Gasteiger partial charge in [-0.1, -0.05) is 5.16 Å². The Morgan fingerprint density at radius 2 is 2.00 bits per heavy atom. The van der Waals surface area contributed by atoms with Gasteiger partial charge < -0.3 is 14.9 Å². The number of benzene rings is 1. The van der Waals surface area contributed by atoms with Gasteiger partial charge in [-0.3, -0.25) is 14.5 Å². The molecular formula is C15H14N4O4. The Kier molecular flexibility index (Phi) is 3.90. The van der Waals surface area contributed by atoms with Crippen LogP contribution in [0, 0.1) is 6.92 Å². The highest BCUT2D eigenvalue weighted by molar-refractivity contribution is 6.17. The van der Waals surface area contributed by atoms with Crippen LogP contribution >= 0.6 is 0 Å². The maximum Gasteiger partial charge on any atom is 0.277 e. The highest BCUT2D eigenvalue weighted by atomic mass is 16.5. The molecule has 8 heteroatoms. The largest absolute Gasteiger partial charge is 0.395 e. The number of aliphatic hydroxyl groups is 1. The van der Waals surface area contributed by atoms with Gasteiger partial charge >= 0.3 is 0 Å². The first-order valence-electron chi connectivity index (χ1n) is 6.94. The van der Waals surface area contributed by atoms with Gasteiger partial charge in [0.2, 0.25) is 0 Å². The maximum absolute atomic E-state index is 12.0. The molecule has 0 bridgehead atoms. The van der Waals surface area contributed by atoms with Gasteiger partial charge in [0.1, 0.15) is 5.70 Å². The molecule has 2 aromatic rings. The summed E-state index contributed by atoms with van der Waals surface area (Å²) in [5.74, 6) is 0.0612. The summed E-state index contributed by atoms with van der Waals surface area (Å²) >= 11 is 0. The SMILES string of the molecule is Cc1noc(-c2ccc(NC3=CC(=O)N(CCO)C3=O)cc2)n1. The van der Waals surface area contributed by atoms with Gasteiger partial charge in [-0.25, -0.2) is 0 Å². The van der Waals surface area contributed by atoms with Gasteiger partial charge in [0.25, 0.3) is 17.7 Å². The Labute approximate surface area is 131 Å². The van der Waals surface area contributed by atoms with Gasteiger partial charge in [-0.15, -0.1) is 0 Å². The summed E-state index contributed by atoms with van der Waals surface area (Å²) in [6.07, 6.45) is 1.22. The van der Waals surface area contributed by atoms with E-state index in [2.05, 4.69) is 15.5 Å². The molecule has 23 heavy (non-hydrogen) atoms. The normalized spacial score (nSPS) is 14.3. The second-order valence-electron chi connectivity index (χ2n) is 4.93. The summed E-state index contributed by atoms with van der Waals surface area (Å²) in [5, 5.41) is 15.5. The number of carbonyl (C=O) groups excluding carboxylic acids is 2. The van der Waals surface area contributed by atoms with E-state index in [1.807, 2.05) is 0 Å². The molecule has 8 nitrogen and oxygen atoms in total. The molecule has 2 heterocycles. The summed E-state index contributed by atoms with van der Waals surface area (Å²) in [4.78, 5) is 28.8. The summed E-state index contributed by atoms with van der Waals surface area (Å²) in [7, 11) is 0. The number of aromatic nitrogens is 2. The Balaban J connectivity index is 1.73. The molecule has 0 saturated carbocycles. The van der Waals surface area contributed by atoms with E-state index in [1.165, 1.54) is 6.08 Å². The predicted octanol–water partition coefficient (Wildman–Crippen LogP) is 0.702. The van der Waals surface area contributed by atoms with Gasteiger partial charge in [0, 0.05) is 17.3 Å². The number of aryl methyl sites for hydroxylation is 1. The summed E-state index contributed by atoms with van der Waals surface area (Å²) in [6, 6.07) is 7.01. The molecule has 0 spiro atoms. The minimum absolute atomic E-state index is 0.0190. The molecule has 1 aromatic heterocycles. The standard InChI is InChI=1S/C15H14N4O4/c1-9-16-14(23-18-9)10-2-4-11(5-3-10)17-12-8-13(21)19(6-7-20)15(12)22/h2-5,8,17,20H,6-7H2,1H3. The number of amides is 2. The molecule has 1 aliphatic rings. The van der Waals surface area contributed by atoms with Crippen LogP contribution in [-0.2, 0) is 9.59 Å². The highest BCUT2D eigenvalue weighted by Crippen LogP contribution is 2.22. The van der Waals surface area contributed by atoms with Crippen LogP contribution in [-0.4, -0.2) is 45.1 Å². The molecule has 0 fully saturated rings. The first kappa shape index (κ1) is 14.9. The van der Waals surface area contributed by atoms with Gasteiger partial charge in [0.15, 0.2) is 5.82 Å². The number of β-amino-alcohol motifs (C(OH)–C–C–N with tert-alkyl or cyclic N) is 1. The number of anilines is 1. The molecule has 118 valence electrons. The summed E-state index contributed by atoms with van der Waals surface area (Å²) in [5.41, 5.74) is 1.56. The van der Waals surface area contributed by atoms with Crippen molar-refractivity contribution < 1.29 is 19.2 Å². The Morgan fingerprint density at radius 3 is 2.61 bits per heavy atom. The van der Waals surface area contributed by atoms with Crippen molar-refractivity contribution in [2.75, 3.05) is 18.5 Å². The van der Waals surface area contributed by atoms with Crippen LogP contribution in [0.2, 0.25) is 0 Å². The van der Waals surface area contributed by atoms with E-state index in [9.17, 15) is 9.59 Å². The average Bonchev–Trinajstić information content (AvgIpc) is 3.08. The van der Waals surface area contributed by atoms with Crippen LogP contribution in [0.25, 0.3) is 11.5 Å². The molecule has 0 saturated heterocycles. The number of nitrogens with one attached hydrogen (secondary N) is 1. The third-order valence-electron chi connectivity index (χ3n) is 3.27. The molecule has 0 radical (unpaired) electrons. The lowest BCUT2D eigenvalue weighted by Crippen LogP contribution is -2.34. The van der Waals surface area contributed by atoms with E-state index in [4.69, 9.17) is 9.63 Å². The zero-order chi connectivity index (χ0) is 16.4. The summed E-state index contributed by atoms with van der Waals surface area (Å²) in [6.45, 7) is 1.45. The zero-order valence-electron chi connectivity index (χ0n) is 12.3. The van der Waals surface area contributed by atoms with Crippen LogP contribution in [0.15, 0.2) is 40.6 Å². The van der Waals surface area contributed by atoms with E-state index in [1.54, 1.807) is 31.2 Å². The van der Waals surface area contributed by atoms with Gasteiger partial charge in [-0.2, -0.15) is 4.98 Å². The van der Waals surface area contributed by atoms with Crippen molar-refractivity contribution in [2.45, 2.75) is 6.92 Å². The smallest absolute Gasteiger partial charge is 0.277 e. The molecule has 0 atom stereocenters. The first-order valence-corrected chi connectivity index (χ1v) is 6.94. The van der Waals surface area contributed by atoms with Crippen LogP contribution in [0.1, 0.15) is 5.82 Å². The van der Waals surface area contributed by atoms with Crippen LogP contribution < -0.4 is 5.32 Å². The number of hydrogen-bond acceptors (Lipinski definition) is 7. The van der Waals surface area contributed by atoms with E-state index >= 15 is 0 Å². The second kappa shape index (κ2) is 6.01. The Hall–Kier alpha value is -3.00. The topological polar surface area (TPSA) is 109 Å². The molecule has 0 aliphatic carbocycles.